The van der Waals surface area contributed by atoms with E-state index in [-0.39, 0.29) is 5.84 Å². The van der Waals surface area contributed by atoms with E-state index in [1.807, 2.05) is 18.2 Å². The highest BCUT2D eigenvalue weighted by Gasteiger charge is 2.07. The molecule has 0 spiro atoms. The molecular formula is C14H13Cl2N3O. The van der Waals surface area contributed by atoms with Crippen molar-refractivity contribution in [2.24, 2.45) is 10.9 Å². The molecule has 0 fully saturated rings. The van der Waals surface area contributed by atoms with Crippen LogP contribution in [-0.2, 0) is 6.54 Å². The number of anilines is 1. The van der Waals surface area contributed by atoms with Gasteiger partial charge in [0.2, 0.25) is 0 Å². The summed E-state index contributed by atoms with van der Waals surface area (Å²) < 4.78 is 0. The molecule has 0 heterocycles. The fraction of sp³-hybridized carbons (Fsp3) is 0.0714. The third-order valence-electron chi connectivity index (χ3n) is 2.80. The summed E-state index contributed by atoms with van der Waals surface area (Å²) in [5.41, 5.74) is 7.98. The lowest BCUT2D eigenvalue weighted by molar-refractivity contribution is 0.318. The van der Waals surface area contributed by atoms with Crippen molar-refractivity contribution in [1.82, 2.24) is 0 Å². The number of nitrogens with zero attached hydrogens (tertiary/aromatic N) is 1. The molecule has 2 aromatic carbocycles. The van der Waals surface area contributed by atoms with Crippen LogP contribution in [0.4, 0.5) is 5.69 Å². The molecule has 0 bridgehead atoms. The summed E-state index contributed by atoms with van der Waals surface area (Å²) in [5, 5.41) is 16.1. The van der Waals surface area contributed by atoms with Crippen molar-refractivity contribution in [2.45, 2.75) is 6.54 Å². The van der Waals surface area contributed by atoms with Gasteiger partial charge in [0.25, 0.3) is 0 Å². The highest BCUT2D eigenvalue weighted by molar-refractivity contribution is 6.36. The zero-order valence-electron chi connectivity index (χ0n) is 10.5. The number of rotatable bonds is 4. The fourth-order valence-electron chi connectivity index (χ4n) is 1.80. The van der Waals surface area contributed by atoms with Crippen LogP contribution in [0.25, 0.3) is 0 Å². The predicted molar refractivity (Wildman–Crippen MR) is 82.7 cm³/mol. The number of nitrogens with two attached hydrogens (primary N) is 1. The van der Waals surface area contributed by atoms with Crippen LogP contribution in [0.15, 0.2) is 47.6 Å². The average Bonchev–Trinajstić information content (AvgIpc) is 2.46. The lowest BCUT2D eigenvalue weighted by Crippen LogP contribution is -2.16. The van der Waals surface area contributed by atoms with Gasteiger partial charge in [-0.15, -0.1) is 0 Å². The van der Waals surface area contributed by atoms with Crippen LogP contribution in [0.2, 0.25) is 10.0 Å². The quantitative estimate of drug-likeness (QED) is 0.349. The van der Waals surface area contributed by atoms with Gasteiger partial charge in [-0.05, 0) is 23.8 Å². The lowest BCUT2D eigenvalue weighted by Gasteiger charge is -2.11. The molecule has 104 valence electrons. The van der Waals surface area contributed by atoms with Gasteiger partial charge in [0.15, 0.2) is 5.84 Å². The van der Waals surface area contributed by atoms with E-state index >= 15 is 0 Å². The number of hydrogen-bond acceptors (Lipinski definition) is 3. The number of nitrogens with one attached hydrogen (secondary N) is 1. The van der Waals surface area contributed by atoms with E-state index < -0.39 is 0 Å². The van der Waals surface area contributed by atoms with Gasteiger partial charge in [-0.25, -0.2) is 0 Å². The first kappa shape index (κ1) is 14.5. The Morgan fingerprint density at radius 2 is 1.95 bits per heavy atom. The van der Waals surface area contributed by atoms with E-state index in [1.165, 1.54) is 0 Å². The minimum atomic E-state index is 0.0737. The molecule has 0 aromatic heterocycles. The van der Waals surface area contributed by atoms with Gasteiger partial charge in [0, 0.05) is 17.1 Å². The SMILES string of the molecule is NC(=NO)c1ccccc1CNc1ccc(Cl)cc1Cl. The van der Waals surface area contributed by atoms with Gasteiger partial charge < -0.3 is 16.3 Å². The van der Waals surface area contributed by atoms with Crippen molar-refractivity contribution in [2.75, 3.05) is 5.32 Å². The zero-order chi connectivity index (χ0) is 14.5. The van der Waals surface area contributed by atoms with Crippen LogP contribution in [-0.4, -0.2) is 11.0 Å². The van der Waals surface area contributed by atoms with Crippen LogP contribution in [0.3, 0.4) is 0 Å². The molecule has 0 atom stereocenters. The summed E-state index contributed by atoms with van der Waals surface area (Å²) in [5.74, 6) is 0.0737. The van der Waals surface area contributed by atoms with Gasteiger partial charge in [-0.1, -0.05) is 52.6 Å². The monoisotopic (exact) mass is 309 g/mol. The average molecular weight is 310 g/mol. The Morgan fingerprint density at radius 1 is 1.20 bits per heavy atom. The number of halogens is 2. The molecule has 0 saturated heterocycles. The summed E-state index contributed by atoms with van der Waals surface area (Å²) in [6.45, 7) is 0.494. The summed E-state index contributed by atoms with van der Waals surface area (Å²) in [6, 6.07) is 12.6. The summed E-state index contributed by atoms with van der Waals surface area (Å²) in [6.07, 6.45) is 0. The molecular weight excluding hydrogens is 297 g/mol. The Balaban J connectivity index is 2.19. The van der Waals surface area contributed by atoms with Crippen LogP contribution < -0.4 is 11.1 Å². The Labute approximate surface area is 126 Å². The van der Waals surface area contributed by atoms with Crippen molar-refractivity contribution in [3.63, 3.8) is 0 Å². The molecule has 2 aromatic rings. The maximum absolute atomic E-state index is 8.78. The molecule has 2 rings (SSSR count). The number of amidine groups is 1. The Hall–Kier alpha value is -1.91. The number of hydrogen-bond donors (Lipinski definition) is 3. The number of benzene rings is 2. The third kappa shape index (κ3) is 3.35. The van der Waals surface area contributed by atoms with Gasteiger partial charge in [0.05, 0.1) is 10.7 Å². The molecule has 0 aliphatic rings. The standard InChI is InChI=1S/C14H13Cl2N3O/c15-10-5-6-13(12(16)7-10)18-8-9-3-1-2-4-11(9)14(17)19-20/h1-7,18,20H,8H2,(H2,17,19). The highest BCUT2D eigenvalue weighted by Crippen LogP contribution is 2.26. The van der Waals surface area contributed by atoms with E-state index in [4.69, 9.17) is 34.1 Å². The molecule has 0 amide bonds. The van der Waals surface area contributed by atoms with E-state index in [0.29, 0.717) is 22.2 Å². The lowest BCUT2D eigenvalue weighted by atomic mass is 10.1. The van der Waals surface area contributed by atoms with Crippen LogP contribution in [0, 0.1) is 0 Å². The van der Waals surface area contributed by atoms with Crippen LogP contribution in [0.1, 0.15) is 11.1 Å². The minimum absolute atomic E-state index is 0.0737. The Morgan fingerprint density at radius 3 is 2.65 bits per heavy atom. The van der Waals surface area contributed by atoms with Crippen molar-refractivity contribution < 1.29 is 5.21 Å². The summed E-state index contributed by atoms with van der Waals surface area (Å²) >= 11 is 11.9. The largest absolute Gasteiger partial charge is 0.409 e. The van der Waals surface area contributed by atoms with E-state index in [2.05, 4.69) is 10.5 Å². The van der Waals surface area contributed by atoms with Crippen LogP contribution >= 0.6 is 23.2 Å². The molecule has 20 heavy (non-hydrogen) atoms. The fourth-order valence-corrected chi connectivity index (χ4v) is 2.28. The second kappa shape index (κ2) is 6.50. The Kier molecular flexibility index (Phi) is 4.71. The first-order chi connectivity index (χ1) is 9.61. The Bertz CT molecular complexity index is 644. The van der Waals surface area contributed by atoms with E-state index in [9.17, 15) is 0 Å². The second-order valence-corrected chi connectivity index (χ2v) is 4.96. The van der Waals surface area contributed by atoms with Crippen molar-refractivity contribution in [3.05, 3.63) is 63.6 Å². The molecule has 0 unspecified atom stereocenters. The molecule has 6 heteroatoms. The first-order valence-electron chi connectivity index (χ1n) is 5.86. The maximum atomic E-state index is 8.78. The molecule has 0 aliphatic heterocycles. The molecule has 0 saturated carbocycles. The summed E-state index contributed by atoms with van der Waals surface area (Å²) in [7, 11) is 0. The molecule has 0 aliphatic carbocycles. The smallest absolute Gasteiger partial charge is 0.170 e. The topological polar surface area (TPSA) is 70.6 Å². The highest BCUT2D eigenvalue weighted by atomic mass is 35.5. The predicted octanol–water partition coefficient (Wildman–Crippen LogP) is 3.70. The normalized spacial score (nSPS) is 11.4. The van der Waals surface area contributed by atoms with Crippen molar-refractivity contribution in [3.8, 4) is 0 Å². The maximum Gasteiger partial charge on any atom is 0.170 e. The zero-order valence-corrected chi connectivity index (χ0v) is 12.0. The first-order valence-corrected chi connectivity index (χ1v) is 6.62. The molecule has 4 nitrogen and oxygen atoms in total. The van der Waals surface area contributed by atoms with E-state index in [0.717, 1.165) is 11.3 Å². The van der Waals surface area contributed by atoms with Gasteiger partial charge in [0.1, 0.15) is 0 Å². The second-order valence-electron chi connectivity index (χ2n) is 4.12. The van der Waals surface area contributed by atoms with E-state index in [1.54, 1.807) is 24.3 Å². The van der Waals surface area contributed by atoms with Crippen molar-refractivity contribution in [1.29, 1.82) is 0 Å². The number of oxime groups is 1. The molecule has 4 N–H and O–H groups in total. The summed E-state index contributed by atoms with van der Waals surface area (Å²) in [4.78, 5) is 0. The minimum Gasteiger partial charge on any atom is -0.409 e. The third-order valence-corrected chi connectivity index (χ3v) is 3.35. The van der Waals surface area contributed by atoms with Crippen molar-refractivity contribution >= 4 is 34.7 Å². The van der Waals surface area contributed by atoms with Gasteiger partial charge in [-0.2, -0.15) is 0 Å². The van der Waals surface area contributed by atoms with Crippen LogP contribution in [0.5, 0.6) is 0 Å². The van der Waals surface area contributed by atoms with Gasteiger partial charge >= 0.3 is 0 Å². The molecule has 0 radical (unpaired) electrons. The van der Waals surface area contributed by atoms with Gasteiger partial charge in [-0.3, -0.25) is 0 Å².